The molecule has 0 aliphatic carbocycles. The summed E-state index contributed by atoms with van der Waals surface area (Å²) in [6.07, 6.45) is 6.43. The van der Waals surface area contributed by atoms with Crippen molar-refractivity contribution in [3.63, 3.8) is 0 Å². The molecule has 0 radical (unpaired) electrons. The Balaban J connectivity index is 1.85. The van der Waals surface area contributed by atoms with E-state index < -0.39 is 30.4 Å². The number of aromatic nitrogens is 1. The normalized spacial score (nSPS) is 31.7. The number of nitrogens with zero attached hydrogens (tertiary/aromatic N) is 2. The van der Waals surface area contributed by atoms with E-state index in [-0.39, 0.29) is 48.7 Å². The van der Waals surface area contributed by atoms with Crippen molar-refractivity contribution in [2.24, 2.45) is 11.8 Å². The van der Waals surface area contributed by atoms with E-state index in [2.05, 4.69) is 10.3 Å². The smallest absolute Gasteiger partial charge is 0.329 e. The van der Waals surface area contributed by atoms with Crippen LogP contribution in [0.2, 0.25) is 0 Å². The number of hydrogen-bond donors (Lipinski definition) is 2. The summed E-state index contributed by atoms with van der Waals surface area (Å²) in [5.41, 5.74) is 0.921. The van der Waals surface area contributed by atoms with Gasteiger partial charge in [-0.15, -0.1) is 11.3 Å². The maximum atomic E-state index is 14.7. The second-order valence-corrected chi connectivity index (χ2v) is 11.3. The van der Waals surface area contributed by atoms with Crippen LogP contribution in [0.5, 0.6) is 0 Å². The zero-order valence-electron chi connectivity index (χ0n) is 22.4. The summed E-state index contributed by atoms with van der Waals surface area (Å²) < 4.78 is 20.6. The van der Waals surface area contributed by atoms with E-state index in [1.165, 1.54) is 22.3 Å². The first-order chi connectivity index (χ1) is 18.0. The zero-order chi connectivity index (χ0) is 27.8. The van der Waals surface area contributed by atoms with Crippen LogP contribution in [0.15, 0.2) is 41.3 Å². The van der Waals surface area contributed by atoms with Gasteiger partial charge in [0.1, 0.15) is 24.0 Å². The number of esters is 1. The van der Waals surface area contributed by atoms with Gasteiger partial charge < -0.3 is 20.1 Å². The number of thiazole rings is 1. The van der Waals surface area contributed by atoms with Crippen LogP contribution in [-0.2, 0) is 20.7 Å². The van der Waals surface area contributed by atoms with Gasteiger partial charge >= 0.3 is 5.97 Å². The number of nitrogens with one attached hydrogen (secondary N) is 1. The number of fused-ring (bicyclic) bond motifs is 3. The number of alkyl halides is 1. The second kappa shape index (κ2) is 13.8. The lowest BCUT2D eigenvalue weighted by Gasteiger charge is -2.29. The monoisotopic (exact) mass is 547 g/mol. The molecule has 0 aromatic carbocycles. The number of aliphatic hydroxyl groups is 1. The minimum Gasteiger partial charge on any atom is -0.460 e. The molecule has 10 heteroatoms. The minimum absolute atomic E-state index is 0.00974. The number of allylic oxidation sites excluding steroid dienone is 2. The maximum Gasteiger partial charge on any atom is 0.329 e. The summed E-state index contributed by atoms with van der Waals surface area (Å²) in [6.45, 7) is 8.25. The van der Waals surface area contributed by atoms with Crippen molar-refractivity contribution in [1.82, 2.24) is 15.2 Å². The largest absolute Gasteiger partial charge is 0.460 e. The lowest BCUT2D eigenvalue weighted by Crippen LogP contribution is -2.44. The van der Waals surface area contributed by atoms with Gasteiger partial charge in [0, 0.05) is 37.2 Å². The van der Waals surface area contributed by atoms with E-state index in [0.717, 1.165) is 5.57 Å². The summed E-state index contributed by atoms with van der Waals surface area (Å²) in [5.74, 6) is -1.38. The highest BCUT2D eigenvalue weighted by atomic mass is 32.1. The quantitative estimate of drug-likeness (QED) is 0.518. The Morgan fingerprint density at radius 3 is 2.76 bits per heavy atom. The van der Waals surface area contributed by atoms with Crippen LogP contribution in [0.4, 0.5) is 4.39 Å². The third-order valence-electron chi connectivity index (χ3n) is 6.66. The number of carbonyl (C=O) groups excluding carboxylic acids is 3. The number of carbonyl (C=O) groups is 3. The zero-order valence-corrected chi connectivity index (χ0v) is 23.2. The summed E-state index contributed by atoms with van der Waals surface area (Å²) >= 11 is 1.19. The van der Waals surface area contributed by atoms with Gasteiger partial charge in [-0.25, -0.2) is 14.2 Å². The Morgan fingerprint density at radius 1 is 1.26 bits per heavy atom. The van der Waals surface area contributed by atoms with Gasteiger partial charge in [0.2, 0.25) is 5.91 Å². The first kappa shape index (κ1) is 29.7. The standard InChI is InChI=1S/C28H38FN3O5S/c1-17(2)26-19(4)9-10-24(34)30-11-5-7-18(3)13-21(33)14-20(29)15-25-31-22(16-38-25)27(35)32-12-6-8-23(32)28(36)37-26/h5,7,9-10,13,16-17,19-21,23,26,33H,6,8,11-12,14-15H2,1-4H3,(H,30,34)/b7-5+,10-9+,18-13+/t19-,20-,21-,23-,26?/m1/s1. The SMILES string of the molecule is CC1=C\[C@@H](O)C[C@@H](F)Cc2nc(cs2)C(=O)N2CCC[C@@H]2C(=O)OC(C(C)C)[C@H](C)/C=C/C(=O)NC\C=C\1. The van der Waals surface area contributed by atoms with Crippen LogP contribution >= 0.6 is 11.3 Å². The molecule has 2 aliphatic rings. The maximum absolute atomic E-state index is 14.7. The highest BCUT2D eigenvalue weighted by Gasteiger charge is 2.38. The summed E-state index contributed by atoms with van der Waals surface area (Å²) in [5, 5.41) is 15.1. The Morgan fingerprint density at radius 2 is 2.03 bits per heavy atom. The summed E-state index contributed by atoms with van der Waals surface area (Å²) in [7, 11) is 0. The van der Waals surface area contributed by atoms with Crippen LogP contribution < -0.4 is 5.32 Å². The Bertz CT molecular complexity index is 1080. The number of amides is 2. The fourth-order valence-electron chi connectivity index (χ4n) is 4.74. The molecular formula is C28H38FN3O5S. The fraction of sp³-hybridized carbons (Fsp3) is 0.571. The molecule has 1 aromatic rings. The molecular weight excluding hydrogens is 509 g/mol. The van der Waals surface area contributed by atoms with E-state index in [4.69, 9.17) is 4.74 Å². The Labute approximate surface area is 227 Å². The second-order valence-electron chi connectivity index (χ2n) is 10.3. The Kier molecular flexibility index (Phi) is 10.8. The molecule has 1 unspecified atom stereocenters. The van der Waals surface area contributed by atoms with Crippen LogP contribution in [0.3, 0.4) is 0 Å². The first-order valence-electron chi connectivity index (χ1n) is 13.1. The van der Waals surface area contributed by atoms with Crippen LogP contribution in [0.25, 0.3) is 0 Å². The molecule has 8 nitrogen and oxygen atoms in total. The molecule has 1 fully saturated rings. The third-order valence-corrected chi connectivity index (χ3v) is 7.53. The summed E-state index contributed by atoms with van der Waals surface area (Å²) in [6, 6.07) is -0.721. The molecule has 208 valence electrons. The molecule has 1 saturated heterocycles. The number of rotatable bonds is 1. The number of halogens is 1. The van der Waals surface area contributed by atoms with Crippen molar-refractivity contribution in [3.8, 4) is 0 Å². The van der Waals surface area contributed by atoms with E-state index in [9.17, 15) is 23.9 Å². The average Bonchev–Trinajstić information content (AvgIpc) is 3.52. The van der Waals surface area contributed by atoms with E-state index in [1.807, 2.05) is 20.8 Å². The van der Waals surface area contributed by atoms with Crippen molar-refractivity contribution in [3.05, 3.63) is 52.0 Å². The van der Waals surface area contributed by atoms with Crippen LogP contribution in [0, 0.1) is 11.8 Å². The van der Waals surface area contributed by atoms with E-state index >= 15 is 0 Å². The molecule has 5 atom stereocenters. The molecule has 3 rings (SSSR count). The Hall–Kier alpha value is -2.85. The van der Waals surface area contributed by atoms with Crippen LogP contribution in [-0.4, -0.2) is 70.3 Å². The van der Waals surface area contributed by atoms with Crippen molar-refractivity contribution in [2.45, 2.75) is 77.8 Å². The highest BCUT2D eigenvalue weighted by molar-refractivity contribution is 7.09. The number of cyclic esters (lactones) is 1. The minimum atomic E-state index is -1.34. The summed E-state index contributed by atoms with van der Waals surface area (Å²) in [4.78, 5) is 44.5. The average molecular weight is 548 g/mol. The molecule has 38 heavy (non-hydrogen) atoms. The van der Waals surface area contributed by atoms with Gasteiger partial charge in [0.25, 0.3) is 5.91 Å². The molecule has 2 N–H and O–H groups in total. The molecule has 2 aliphatic heterocycles. The first-order valence-corrected chi connectivity index (χ1v) is 14.0. The van der Waals surface area contributed by atoms with Gasteiger partial charge in [-0.1, -0.05) is 50.6 Å². The van der Waals surface area contributed by atoms with Gasteiger partial charge in [-0.3, -0.25) is 9.59 Å². The van der Waals surface area contributed by atoms with Crippen LogP contribution in [0.1, 0.15) is 62.5 Å². The van der Waals surface area contributed by atoms with Gasteiger partial charge in [0.15, 0.2) is 0 Å². The fourth-order valence-corrected chi connectivity index (χ4v) is 5.57. The predicted molar refractivity (Wildman–Crippen MR) is 144 cm³/mol. The molecule has 0 saturated carbocycles. The molecule has 3 heterocycles. The molecule has 0 spiro atoms. The van der Waals surface area contributed by atoms with Crippen molar-refractivity contribution in [2.75, 3.05) is 13.1 Å². The van der Waals surface area contributed by atoms with Crippen molar-refractivity contribution < 1.29 is 28.6 Å². The molecule has 1 aromatic heterocycles. The van der Waals surface area contributed by atoms with E-state index in [1.54, 1.807) is 36.6 Å². The van der Waals surface area contributed by atoms with Gasteiger partial charge in [-0.2, -0.15) is 0 Å². The van der Waals surface area contributed by atoms with Gasteiger partial charge in [0.05, 0.1) is 11.1 Å². The van der Waals surface area contributed by atoms with Crippen molar-refractivity contribution >= 4 is 29.1 Å². The lowest BCUT2D eigenvalue weighted by atomic mass is 9.94. The highest BCUT2D eigenvalue weighted by Crippen LogP contribution is 2.26. The lowest BCUT2D eigenvalue weighted by molar-refractivity contribution is -0.158. The van der Waals surface area contributed by atoms with Crippen molar-refractivity contribution in [1.29, 1.82) is 0 Å². The number of hydrogen-bond acceptors (Lipinski definition) is 7. The topological polar surface area (TPSA) is 109 Å². The predicted octanol–water partition coefficient (Wildman–Crippen LogP) is 3.77. The number of aliphatic hydroxyl groups excluding tert-OH is 1. The molecule has 2 amide bonds. The van der Waals surface area contributed by atoms with E-state index in [0.29, 0.717) is 24.4 Å². The molecule has 2 bridgehead atoms. The van der Waals surface area contributed by atoms with Gasteiger partial charge in [-0.05, 0) is 31.8 Å². The third kappa shape index (κ3) is 8.33. The number of ether oxygens (including phenoxy) is 1.